The lowest BCUT2D eigenvalue weighted by atomic mass is 9.93. The first-order valence-corrected chi connectivity index (χ1v) is 15.3. The number of anilines is 1. The summed E-state index contributed by atoms with van der Waals surface area (Å²) < 4.78 is 47.2. The van der Waals surface area contributed by atoms with Crippen molar-refractivity contribution in [1.29, 1.82) is 0 Å². The van der Waals surface area contributed by atoms with Crippen LogP contribution in [0.3, 0.4) is 0 Å². The highest BCUT2D eigenvalue weighted by Gasteiger charge is 2.27. The maximum absolute atomic E-state index is 14.8. The topological polar surface area (TPSA) is 178 Å². The fraction of sp³-hybridized carbons (Fsp3) is 0.414. The van der Waals surface area contributed by atoms with Crippen LogP contribution in [0.5, 0.6) is 0 Å². The molecule has 0 unspecified atom stereocenters. The third kappa shape index (κ3) is 7.78. The van der Waals surface area contributed by atoms with Gasteiger partial charge in [0.15, 0.2) is 12.5 Å². The van der Waals surface area contributed by atoms with Crippen LogP contribution in [0, 0.1) is 11.8 Å². The molecule has 0 aromatic carbocycles. The van der Waals surface area contributed by atoms with Gasteiger partial charge in [0, 0.05) is 29.9 Å². The number of amides is 1. The molecule has 4 aromatic rings. The average Bonchev–Trinajstić information content (AvgIpc) is 3.82. The van der Waals surface area contributed by atoms with Gasteiger partial charge in [-0.25, -0.2) is 19.0 Å². The van der Waals surface area contributed by atoms with Gasteiger partial charge in [0.1, 0.15) is 28.1 Å². The predicted octanol–water partition coefficient (Wildman–Crippen LogP) is 3.71. The van der Waals surface area contributed by atoms with Crippen molar-refractivity contribution in [3.05, 3.63) is 53.6 Å². The molecule has 1 atom stereocenters. The smallest absolute Gasteiger partial charge is 0.325 e. The Morgan fingerprint density at radius 3 is 2.65 bits per heavy atom. The molecule has 244 valence electrons. The highest BCUT2D eigenvalue weighted by atomic mass is 32.1. The minimum Gasteiger partial charge on any atom is -0.469 e. The van der Waals surface area contributed by atoms with Crippen molar-refractivity contribution in [1.82, 2.24) is 29.5 Å². The first kappa shape index (κ1) is 32.8. The molecule has 5 rings (SSSR count). The number of rotatable bonds is 12. The molecule has 0 spiro atoms. The van der Waals surface area contributed by atoms with E-state index in [1.807, 2.05) is 6.92 Å². The standard InChI is InChI=1S/C29H32F2N8O6S/c1-3-44-18-6-4-17(5-7-18)39-13-21(26(37-39)25-19(30)8-9-23(31)36-25)34-27(41)22-14-46-28(35-22)16-11-33-38(12-16)15-45-29(42)20(32)10-24(40)43-2/h8-9,11-14,17-18,20H,3-7,10,15,32H2,1-2H3,(H,34,41)/t17?,18?,20-/m1/s1. The number of carbonyl (C=O) groups excluding carboxylic acids is 3. The molecular weight excluding hydrogens is 626 g/mol. The van der Waals surface area contributed by atoms with Crippen LogP contribution in [0.2, 0.25) is 0 Å². The van der Waals surface area contributed by atoms with Crippen LogP contribution in [0.25, 0.3) is 22.0 Å². The zero-order valence-electron chi connectivity index (χ0n) is 25.0. The van der Waals surface area contributed by atoms with Crippen LogP contribution in [0.1, 0.15) is 55.6 Å². The summed E-state index contributed by atoms with van der Waals surface area (Å²) in [5.74, 6) is -3.71. The van der Waals surface area contributed by atoms with E-state index in [0.717, 1.165) is 37.8 Å². The molecule has 17 heteroatoms. The summed E-state index contributed by atoms with van der Waals surface area (Å²) in [6, 6.07) is 0.661. The number of halogens is 2. The summed E-state index contributed by atoms with van der Waals surface area (Å²) in [5, 5.41) is 13.4. The Hall–Kier alpha value is -4.61. The fourth-order valence-electron chi connectivity index (χ4n) is 4.97. The van der Waals surface area contributed by atoms with E-state index in [1.54, 1.807) is 17.1 Å². The molecule has 4 heterocycles. The molecule has 0 bridgehead atoms. The molecular formula is C29H32F2N8O6S. The Morgan fingerprint density at radius 2 is 1.91 bits per heavy atom. The van der Waals surface area contributed by atoms with Crippen molar-refractivity contribution in [2.45, 2.75) is 63.9 Å². The molecule has 14 nitrogen and oxygen atoms in total. The quantitative estimate of drug-likeness (QED) is 0.167. The third-order valence-electron chi connectivity index (χ3n) is 7.31. The van der Waals surface area contributed by atoms with Crippen LogP contribution in [0.15, 0.2) is 36.1 Å². The second-order valence-electron chi connectivity index (χ2n) is 10.5. The summed E-state index contributed by atoms with van der Waals surface area (Å²) in [4.78, 5) is 44.8. The van der Waals surface area contributed by atoms with Gasteiger partial charge >= 0.3 is 11.9 Å². The van der Waals surface area contributed by atoms with Gasteiger partial charge in [0.05, 0.1) is 37.6 Å². The van der Waals surface area contributed by atoms with Crippen molar-refractivity contribution in [2.24, 2.45) is 5.73 Å². The molecule has 3 N–H and O–H groups in total. The van der Waals surface area contributed by atoms with Crippen LogP contribution in [-0.2, 0) is 30.5 Å². The van der Waals surface area contributed by atoms with Crippen LogP contribution < -0.4 is 11.1 Å². The number of aromatic nitrogens is 6. The van der Waals surface area contributed by atoms with E-state index in [1.165, 1.54) is 34.7 Å². The molecule has 4 aromatic heterocycles. The van der Waals surface area contributed by atoms with Gasteiger partial charge < -0.3 is 25.3 Å². The Labute approximate surface area is 265 Å². The second-order valence-corrected chi connectivity index (χ2v) is 11.3. The predicted molar refractivity (Wildman–Crippen MR) is 160 cm³/mol. The maximum atomic E-state index is 14.8. The number of hydrogen-bond donors (Lipinski definition) is 2. The summed E-state index contributed by atoms with van der Waals surface area (Å²) in [6.45, 7) is 2.32. The van der Waals surface area contributed by atoms with Gasteiger partial charge in [-0.15, -0.1) is 11.3 Å². The van der Waals surface area contributed by atoms with E-state index in [9.17, 15) is 23.2 Å². The molecule has 1 fully saturated rings. The Kier molecular flexibility index (Phi) is 10.4. The first-order chi connectivity index (χ1) is 22.1. The molecule has 0 aliphatic heterocycles. The molecule has 1 aliphatic rings. The summed E-state index contributed by atoms with van der Waals surface area (Å²) in [7, 11) is 1.19. The minimum atomic E-state index is -1.18. The number of esters is 2. The average molecular weight is 659 g/mol. The number of hydrogen-bond acceptors (Lipinski definition) is 12. The SMILES string of the molecule is CCOC1CCC(n2cc(NC(=O)c3csc(-c4cnn(COC(=O)[C@H](N)CC(=O)OC)c4)n3)c(-c3nc(F)ccc3F)n2)CC1. The zero-order valence-corrected chi connectivity index (χ0v) is 25.8. The molecule has 0 saturated heterocycles. The van der Waals surface area contributed by atoms with Crippen molar-refractivity contribution >= 4 is 34.9 Å². The number of pyridine rings is 1. The molecule has 1 aliphatic carbocycles. The largest absolute Gasteiger partial charge is 0.469 e. The number of thiazole rings is 1. The fourth-order valence-corrected chi connectivity index (χ4v) is 5.74. The van der Waals surface area contributed by atoms with Crippen LogP contribution in [0.4, 0.5) is 14.5 Å². The normalized spacial score (nSPS) is 17.0. The third-order valence-corrected chi connectivity index (χ3v) is 8.20. The van der Waals surface area contributed by atoms with Gasteiger partial charge in [-0.1, -0.05) is 0 Å². The highest BCUT2D eigenvalue weighted by Crippen LogP contribution is 2.34. The van der Waals surface area contributed by atoms with Gasteiger partial charge in [0.2, 0.25) is 5.95 Å². The van der Waals surface area contributed by atoms with E-state index in [-0.39, 0.29) is 48.1 Å². The lowest BCUT2D eigenvalue weighted by molar-refractivity contribution is -0.153. The van der Waals surface area contributed by atoms with Crippen molar-refractivity contribution in [3.8, 4) is 22.0 Å². The van der Waals surface area contributed by atoms with Gasteiger partial charge in [-0.3, -0.25) is 19.1 Å². The number of nitrogens with one attached hydrogen (secondary N) is 1. The highest BCUT2D eigenvalue weighted by molar-refractivity contribution is 7.13. The van der Waals surface area contributed by atoms with E-state index >= 15 is 0 Å². The van der Waals surface area contributed by atoms with Crippen molar-refractivity contribution < 1.29 is 37.4 Å². The number of nitrogens with two attached hydrogens (primary N) is 1. The molecule has 46 heavy (non-hydrogen) atoms. The second kappa shape index (κ2) is 14.7. The van der Waals surface area contributed by atoms with E-state index < -0.39 is 35.7 Å². The molecule has 1 saturated carbocycles. The monoisotopic (exact) mass is 658 g/mol. The summed E-state index contributed by atoms with van der Waals surface area (Å²) >= 11 is 1.17. The molecule has 1 amide bonds. The Balaban J connectivity index is 1.29. The lowest BCUT2D eigenvalue weighted by Gasteiger charge is -2.28. The molecule has 0 radical (unpaired) electrons. The van der Waals surface area contributed by atoms with Crippen LogP contribution >= 0.6 is 11.3 Å². The Morgan fingerprint density at radius 1 is 1.13 bits per heavy atom. The van der Waals surface area contributed by atoms with Crippen molar-refractivity contribution in [3.63, 3.8) is 0 Å². The minimum absolute atomic E-state index is 0.00476. The first-order valence-electron chi connectivity index (χ1n) is 14.5. The maximum Gasteiger partial charge on any atom is 0.325 e. The number of ether oxygens (including phenoxy) is 3. The lowest BCUT2D eigenvalue weighted by Crippen LogP contribution is -2.35. The Bertz CT molecular complexity index is 1700. The van der Waals surface area contributed by atoms with Gasteiger partial charge in [-0.2, -0.15) is 14.6 Å². The van der Waals surface area contributed by atoms with Crippen molar-refractivity contribution in [2.75, 3.05) is 19.0 Å². The number of nitrogens with zero attached hydrogens (tertiary/aromatic N) is 6. The van der Waals surface area contributed by atoms with Gasteiger partial charge in [-0.05, 0) is 44.7 Å². The number of carbonyl (C=O) groups is 3. The summed E-state index contributed by atoms with van der Waals surface area (Å²) in [6.07, 6.45) is 7.65. The number of methoxy groups -OCH3 is 1. The van der Waals surface area contributed by atoms with Crippen LogP contribution in [-0.4, -0.2) is 73.2 Å². The zero-order chi connectivity index (χ0) is 32.8. The van der Waals surface area contributed by atoms with E-state index in [4.69, 9.17) is 15.2 Å². The van der Waals surface area contributed by atoms with E-state index in [0.29, 0.717) is 17.2 Å². The van der Waals surface area contributed by atoms with Gasteiger partial charge in [0.25, 0.3) is 5.91 Å². The summed E-state index contributed by atoms with van der Waals surface area (Å²) in [5.41, 5.74) is 6.09. The van der Waals surface area contributed by atoms with E-state index in [2.05, 4.69) is 30.2 Å².